The molecule has 7 nitrogen and oxygen atoms in total. The van der Waals surface area contributed by atoms with Crippen LogP contribution in [0, 0.1) is 18.8 Å². The van der Waals surface area contributed by atoms with Crippen molar-refractivity contribution in [2.75, 3.05) is 23.3 Å². The van der Waals surface area contributed by atoms with Crippen molar-refractivity contribution in [3.63, 3.8) is 0 Å². The zero-order chi connectivity index (χ0) is 26.9. The molecule has 1 amide bonds. The van der Waals surface area contributed by atoms with E-state index in [1.807, 2.05) is 25.1 Å². The largest absolute Gasteiger partial charge is 0.490 e. The smallest absolute Gasteiger partial charge is 0.478 e. The van der Waals surface area contributed by atoms with Gasteiger partial charge in [0.05, 0.1) is 11.3 Å². The van der Waals surface area contributed by atoms with Crippen molar-refractivity contribution in [1.29, 1.82) is 0 Å². The summed E-state index contributed by atoms with van der Waals surface area (Å²) in [6.07, 6.45) is -5.08. The van der Waals surface area contributed by atoms with Gasteiger partial charge in [0.2, 0.25) is 0 Å². The molecule has 0 saturated heterocycles. The van der Waals surface area contributed by atoms with Crippen LogP contribution >= 0.6 is 0 Å². The number of halogens is 3. The molecule has 0 heterocycles. The number of rotatable bonds is 8. The van der Waals surface area contributed by atoms with E-state index >= 15 is 0 Å². The molecule has 2 aromatic carbocycles. The Balaban J connectivity index is 0.000000762. The van der Waals surface area contributed by atoms with Crippen LogP contribution in [0.4, 0.5) is 24.5 Å². The monoisotopic (exact) mass is 496 g/mol. The third kappa shape index (κ3) is 9.68. The standard InChI is InChI=1S/C23H30N2O3.C2HF3O2/c1-15(2)13-25(14-16(3)4)21-11-10-18(12-20(21)23(27)28)24-22(26)19-9-7-6-8-17(19)5;3-2(4,5)1(6)7/h6-12,15-16H,13-14H2,1-5H3,(H,24,26)(H,27,28);(H,6,7). The molecule has 192 valence electrons. The van der Waals surface area contributed by atoms with E-state index in [-0.39, 0.29) is 11.5 Å². The minimum Gasteiger partial charge on any atom is -0.478 e. The molecule has 35 heavy (non-hydrogen) atoms. The molecule has 0 aliphatic heterocycles. The first-order valence-corrected chi connectivity index (χ1v) is 10.9. The molecule has 0 radical (unpaired) electrons. The molecule has 10 heteroatoms. The van der Waals surface area contributed by atoms with Crippen LogP contribution in [-0.4, -0.2) is 47.3 Å². The van der Waals surface area contributed by atoms with E-state index in [0.29, 0.717) is 28.8 Å². The lowest BCUT2D eigenvalue weighted by molar-refractivity contribution is -0.192. The lowest BCUT2D eigenvalue weighted by Crippen LogP contribution is -2.32. The van der Waals surface area contributed by atoms with Crippen LogP contribution in [0.15, 0.2) is 42.5 Å². The molecule has 0 aromatic heterocycles. The van der Waals surface area contributed by atoms with Gasteiger partial charge in [-0.05, 0) is 48.6 Å². The first kappa shape index (κ1) is 29.5. The first-order chi connectivity index (χ1) is 16.1. The fraction of sp³-hybridized carbons (Fsp3) is 0.400. The predicted octanol–water partition coefficient (Wildman–Crippen LogP) is 5.70. The Labute approximate surface area is 202 Å². The highest BCUT2D eigenvalue weighted by molar-refractivity contribution is 6.06. The van der Waals surface area contributed by atoms with Crippen LogP contribution in [-0.2, 0) is 4.79 Å². The number of alkyl halides is 3. The zero-order valence-corrected chi connectivity index (χ0v) is 20.3. The number of carbonyl (C=O) groups excluding carboxylic acids is 1. The Morgan fingerprint density at radius 2 is 1.43 bits per heavy atom. The van der Waals surface area contributed by atoms with Crippen molar-refractivity contribution >= 4 is 29.2 Å². The summed E-state index contributed by atoms with van der Waals surface area (Å²) in [4.78, 5) is 35.5. The molecule has 0 atom stereocenters. The first-order valence-electron chi connectivity index (χ1n) is 10.9. The van der Waals surface area contributed by atoms with E-state index in [2.05, 4.69) is 37.9 Å². The summed E-state index contributed by atoms with van der Waals surface area (Å²) in [5.41, 5.74) is 2.80. The molecule has 0 unspecified atom stereocenters. The SMILES string of the molecule is Cc1ccccc1C(=O)Nc1ccc(N(CC(C)C)CC(C)C)c(C(=O)O)c1.O=C(O)C(F)(F)F. The van der Waals surface area contributed by atoms with Gasteiger partial charge in [0.1, 0.15) is 0 Å². The fourth-order valence-corrected chi connectivity index (χ4v) is 3.24. The van der Waals surface area contributed by atoms with Crippen LogP contribution in [0.2, 0.25) is 0 Å². The lowest BCUT2D eigenvalue weighted by Gasteiger charge is -2.30. The molecule has 0 aliphatic rings. The van der Waals surface area contributed by atoms with Gasteiger partial charge in [0.15, 0.2) is 0 Å². The molecular formula is C25H31F3N2O5. The topological polar surface area (TPSA) is 107 Å². The van der Waals surface area contributed by atoms with Gasteiger partial charge in [-0.2, -0.15) is 13.2 Å². The van der Waals surface area contributed by atoms with Crippen molar-refractivity contribution < 1.29 is 37.8 Å². The van der Waals surface area contributed by atoms with Crippen LogP contribution in [0.25, 0.3) is 0 Å². The molecule has 3 N–H and O–H groups in total. The molecule has 2 aromatic rings. The van der Waals surface area contributed by atoms with Crippen LogP contribution < -0.4 is 10.2 Å². The maximum Gasteiger partial charge on any atom is 0.490 e. The third-order valence-corrected chi connectivity index (χ3v) is 4.63. The van der Waals surface area contributed by atoms with Gasteiger partial charge >= 0.3 is 18.1 Å². The van der Waals surface area contributed by atoms with Gasteiger partial charge in [-0.25, -0.2) is 9.59 Å². The van der Waals surface area contributed by atoms with Gasteiger partial charge in [-0.3, -0.25) is 4.79 Å². The van der Waals surface area contributed by atoms with Gasteiger partial charge < -0.3 is 20.4 Å². The van der Waals surface area contributed by atoms with Gasteiger partial charge in [-0.1, -0.05) is 45.9 Å². The van der Waals surface area contributed by atoms with Crippen LogP contribution in [0.5, 0.6) is 0 Å². The number of aryl methyl sites for hydroxylation is 1. The molecule has 0 spiro atoms. The quantitative estimate of drug-likeness (QED) is 0.433. The summed E-state index contributed by atoms with van der Waals surface area (Å²) in [6.45, 7) is 11.9. The van der Waals surface area contributed by atoms with E-state index in [1.54, 1.807) is 24.3 Å². The minimum absolute atomic E-state index is 0.198. The summed E-state index contributed by atoms with van der Waals surface area (Å²) in [5, 5.41) is 19.7. The summed E-state index contributed by atoms with van der Waals surface area (Å²) in [7, 11) is 0. The van der Waals surface area contributed by atoms with Crippen molar-refractivity contribution in [2.45, 2.75) is 40.8 Å². The Hall–Kier alpha value is -3.56. The van der Waals surface area contributed by atoms with E-state index in [0.717, 1.165) is 18.7 Å². The normalized spacial score (nSPS) is 11.0. The number of hydrogen-bond donors (Lipinski definition) is 3. The second-order valence-corrected chi connectivity index (χ2v) is 8.80. The number of nitrogens with one attached hydrogen (secondary N) is 1. The summed E-state index contributed by atoms with van der Waals surface area (Å²) in [6, 6.07) is 12.4. The number of carboxylic acid groups (broad SMARTS) is 2. The number of aliphatic carboxylic acids is 1. The summed E-state index contributed by atoms with van der Waals surface area (Å²) in [5.74, 6) is -3.20. The highest BCUT2D eigenvalue weighted by Crippen LogP contribution is 2.27. The molecule has 0 aliphatic carbocycles. The Bertz CT molecular complexity index is 1030. The molecule has 0 fully saturated rings. The Morgan fingerprint density at radius 1 is 0.914 bits per heavy atom. The summed E-state index contributed by atoms with van der Waals surface area (Å²) < 4.78 is 31.7. The molecule has 0 bridgehead atoms. The highest BCUT2D eigenvalue weighted by atomic mass is 19.4. The minimum atomic E-state index is -5.08. The Morgan fingerprint density at radius 3 is 1.86 bits per heavy atom. The van der Waals surface area contributed by atoms with Crippen LogP contribution in [0.3, 0.4) is 0 Å². The second-order valence-electron chi connectivity index (χ2n) is 8.80. The third-order valence-electron chi connectivity index (χ3n) is 4.63. The van der Waals surface area contributed by atoms with Gasteiger partial charge in [0.25, 0.3) is 5.91 Å². The number of amides is 1. The average Bonchev–Trinajstić information content (AvgIpc) is 2.72. The van der Waals surface area contributed by atoms with E-state index in [9.17, 15) is 27.9 Å². The van der Waals surface area contributed by atoms with E-state index in [1.165, 1.54) is 0 Å². The van der Waals surface area contributed by atoms with Crippen molar-refractivity contribution in [3.8, 4) is 0 Å². The number of anilines is 2. The fourth-order valence-electron chi connectivity index (χ4n) is 3.24. The second kappa shape index (κ2) is 12.8. The molecule has 2 rings (SSSR count). The number of carboxylic acids is 2. The van der Waals surface area contributed by atoms with E-state index in [4.69, 9.17) is 9.90 Å². The average molecular weight is 497 g/mol. The zero-order valence-electron chi connectivity index (χ0n) is 20.3. The Kier molecular flexibility index (Phi) is 10.8. The molecule has 0 saturated carbocycles. The number of nitrogens with zero attached hydrogens (tertiary/aromatic N) is 1. The summed E-state index contributed by atoms with van der Waals surface area (Å²) >= 11 is 0. The maximum atomic E-state index is 12.6. The number of carbonyl (C=O) groups is 3. The molecular weight excluding hydrogens is 465 g/mol. The van der Waals surface area contributed by atoms with Gasteiger partial charge in [0, 0.05) is 24.3 Å². The van der Waals surface area contributed by atoms with Gasteiger partial charge in [-0.15, -0.1) is 0 Å². The van der Waals surface area contributed by atoms with Crippen molar-refractivity contribution in [2.24, 2.45) is 11.8 Å². The lowest BCUT2D eigenvalue weighted by atomic mass is 10.1. The van der Waals surface area contributed by atoms with E-state index < -0.39 is 18.1 Å². The highest BCUT2D eigenvalue weighted by Gasteiger charge is 2.38. The van der Waals surface area contributed by atoms with Crippen LogP contribution in [0.1, 0.15) is 54.0 Å². The number of aromatic carboxylic acids is 1. The predicted molar refractivity (Wildman–Crippen MR) is 128 cm³/mol. The maximum absolute atomic E-state index is 12.6. The van der Waals surface area contributed by atoms with Crippen molar-refractivity contribution in [1.82, 2.24) is 0 Å². The van der Waals surface area contributed by atoms with Crippen molar-refractivity contribution in [3.05, 3.63) is 59.2 Å². The number of benzene rings is 2. The number of hydrogen-bond acceptors (Lipinski definition) is 4.